The van der Waals surface area contributed by atoms with Crippen molar-refractivity contribution in [1.29, 1.82) is 0 Å². The van der Waals surface area contributed by atoms with Gasteiger partial charge in [0.15, 0.2) is 5.65 Å². The molecule has 2 aromatic heterocycles. The lowest BCUT2D eigenvalue weighted by molar-refractivity contribution is -0.116. The zero-order chi connectivity index (χ0) is 20.5. The molecule has 2 aromatic carbocycles. The SMILES string of the molecule is Cc1cc(C)cc(NC(=O)Cn2nc(C)c3c(-c4ccc(F)cc4)ccnc32)c1. The van der Waals surface area contributed by atoms with E-state index in [1.54, 1.807) is 23.0 Å². The van der Waals surface area contributed by atoms with E-state index >= 15 is 0 Å². The van der Waals surface area contributed by atoms with Gasteiger partial charge in [0.2, 0.25) is 5.91 Å². The zero-order valence-corrected chi connectivity index (χ0v) is 16.5. The van der Waals surface area contributed by atoms with E-state index in [0.29, 0.717) is 5.65 Å². The molecule has 29 heavy (non-hydrogen) atoms. The number of hydrogen-bond donors (Lipinski definition) is 1. The molecule has 1 amide bonds. The zero-order valence-electron chi connectivity index (χ0n) is 16.5. The maximum Gasteiger partial charge on any atom is 0.246 e. The molecule has 4 rings (SSSR count). The highest BCUT2D eigenvalue weighted by Crippen LogP contribution is 2.30. The molecule has 1 N–H and O–H groups in total. The minimum atomic E-state index is -0.283. The van der Waals surface area contributed by atoms with Crippen LogP contribution in [0.1, 0.15) is 16.8 Å². The Bertz CT molecular complexity index is 1190. The Morgan fingerprint density at radius 1 is 1.03 bits per heavy atom. The van der Waals surface area contributed by atoms with Gasteiger partial charge in [0.25, 0.3) is 0 Å². The number of hydrogen-bond acceptors (Lipinski definition) is 3. The first-order valence-electron chi connectivity index (χ1n) is 9.37. The number of nitrogens with zero attached hydrogens (tertiary/aromatic N) is 3. The molecule has 146 valence electrons. The van der Waals surface area contributed by atoms with Gasteiger partial charge in [-0.3, -0.25) is 4.79 Å². The van der Waals surface area contributed by atoms with Gasteiger partial charge < -0.3 is 5.32 Å². The predicted molar refractivity (Wildman–Crippen MR) is 112 cm³/mol. The molecule has 4 aromatic rings. The first-order valence-corrected chi connectivity index (χ1v) is 9.37. The van der Waals surface area contributed by atoms with Crippen molar-refractivity contribution in [3.8, 4) is 11.1 Å². The summed E-state index contributed by atoms with van der Waals surface area (Å²) in [6, 6.07) is 14.1. The fourth-order valence-electron chi connectivity index (χ4n) is 3.65. The third kappa shape index (κ3) is 3.87. The van der Waals surface area contributed by atoms with Crippen LogP contribution >= 0.6 is 0 Å². The number of aryl methyl sites for hydroxylation is 3. The van der Waals surface area contributed by atoms with Crippen LogP contribution in [-0.2, 0) is 11.3 Å². The Kier molecular flexibility index (Phi) is 4.84. The van der Waals surface area contributed by atoms with Gasteiger partial charge in [0, 0.05) is 17.3 Å². The molecule has 0 radical (unpaired) electrons. The van der Waals surface area contributed by atoms with Crippen LogP contribution in [0.4, 0.5) is 10.1 Å². The van der Waals surface area contributed by atoms with E-state index in [9.17, 15) is 9.18 Å². The summed E-state index contributed by atoms with van der Waals surface area (Å²) in [7, 11) is 0. The average Bonchev–Trinajstić information content (AvgIpc) is 2.97. The van der Waals surface area contributed by atoms with E-state index < -0.39 is 0 Å². The van der Waals surface area contributed by atoms with Crippen molar-refractivity contribution in [2.75, 3.05) is 5.32 Å². The number of pyridine rings is 1. The molecule has 0 unspecified atom stereocenters. The maximum absolute atomic E-state index is 13.3. The summed E-state index contributed by atoms with van der Waals surface area (Å²) in [4.78, 5) is 17.0. The smallest absolute Gasteiger partial charge is 0.246 e. The third-order valence-electron chi connectivity index (χ3n) is 4.76. The molecule has 0 aliphatic carbocycles. The molecule has 0 bridgehead atoms. The van der Waals surface area contributed by atoms with E-state index in [-0.39, 0.29) is 18.3 Å². The van der Waals surface area contributed by atoms with Gasteiger partial charge in [0.1, 0.15) is 12.4 Å². The second kappa shape index (κ2) is 7.47. The standard InChI is InChI=1S/C23H21FN4O/c1-14-10-15(2)12-19(11-14)26-21(29)13-28-23-22(16(3)27-28)20(8-9-25-23)17-4-6-18(24)7-5-17/h4-12H,13H2,1-3H3,(H,26,29). The van der Waals surface area contributed by atoms with Crippen molar-refractivity contribution >= 4 is 22.6 Å². The summed E-state index contributed by atoms with van der Waals surface area (Å²) in [5, 5.41) is 8.32. The number of benzene rings is 2. The van der Waals surface area contributed by atoms with E-state index in [0.717, 1.165) is 39.0 Å². The molecule has 0 saturated carbocycles. The van der Waals surface area contributed by atoms with Crippen LogP contribution in [0.3, 0.4) is 0 Å². The summed E-state index contributed by atoms with van der Waals surface area (Å²) in [6.45, 7) is 5.93. The predicted octanol–water partition coefficient (Wildman–Crippen LogP) is 4.80. The molecule has 0 aliphatic rings. The topological polar surface area (TPSA) is 59.8 Å². The highest BCUT2D eigenvalue weighted by Gasteiger charge is 2.16. The number of amides is 1. The van der Waals surface area contributed by atoms with Crippen molar-refractivity contribution in [3.05, 3.63) is 77.4 Å². The minimum absolute atomic E-state index is 0.0528. The lowest BCUT2D eigenvalue weighted by Crippen LogP contribution is -2.20. The highest BCUT2D eigenvalue weighted by molar-refractivity contribution is 5.96. The highest BCUT2D eigenvalue weighted by atomic mass is 19.1. The second-order valence-electron chi connectivity index (χ2n) is 7.23. The molecule has 0 fully saturated rings. The number of rotatable bonds is 4. The Morgan fingerprint density at radius 2 is 1.72 bits per heavy atom. The molecule has 2 heterocycles. The van der Waals surface area contributed by atoms with Gasteiger partial charge in [-0.15, -0.1) is 0 Å². The Balaban J connectivity index is 1.65. The van der Waals surface area contributed by atoms with Gasteiger partial charge in [-0.1, -0.05) is 18.2 Å². The largest absolute Gasteiger partial charge is 0.324 e. The van der Waals surface area contributed by atoms with Crippen LogP contribution in [0.2, 0.25) is 0 Å². The molecule has 0 spiro atoms. The number of carbonyl (C=O) groups excluding carboxylic acids is 1. The summed E-state index contributed by atoms with van der Waals surface area (Å²) in [5.41, 5.74) is 6.12. The number of carbonyl (C=O) groups is 1. The molecule has 6 heteroatoms. The van der Waals surface area contributed by atoms with Crippen LogP contribution < -0.4 is 5.32 Å². The van der Waals surface area contributed by atoms with Crippen molar-refractivity contribution < 1.29 is 9.18 Å². The van der Waals surface area contributed by atoms with E-state index in [2.05, 4.69) is 21.5 Å². The monoisotopic (exact) mass is 388 g/mol. The van der Waals surface area contributed by atoms with Gasteiger partial charge in [-0.25, -0.2) is 14.1 Å². The van der Waals surface area contributed by atoms with Crippen LogP contribution in [0.25, 0.3) is 22.2 Å². The fraction of sp³-hybridized carbons (Fsp3) is 0.174. The molecular formula is C23H21FN4O. The number of fused-ring (bicyclic) bond motifs is 1. The van der Waals surface area contributed by atoms with Crippen LogP contribution in [0.5, 0.6) is 0 Å². The summed E-state index contributed by atoms with van der Waals surface area (Å²) in [5.74, 6) is -0.456. The maximum atomic E-state index is 13.3. The van der Waals surface area contributed by atoms with Crippen LogP contribution in [0.15, 0.2) is 54.7 Å². The number of aromatic nitrogens is 3. The van der Waals surface area contributed by atoms with Crippen molar-refractivity contribution in [2.24, 2.45) is 0 Å². The third-order valence-corrected chi connectivity index (χ3v) is 4.76. The molecule has 0 aliphatic heterocycles. The molecule has 5 nitrogen and oxygen atoms in total. The van der Waals surface area contributed by atoms with E-state index in [1.807, 2.05) is 39.0 Å². The van der Waals surface area contributed by atoms with Gasteiger partial charge in [-0.2, -0.15) is 5.10 Å². The van der Waals surface area contributed by atoms with E-state index in [4.69, 9.17) is 0 Å². The normalized spacial score (nSPS) is 11.0. The van der Waals surface area contributed by atoms with Crippen molar-refractivity contribution in [3.63, 3.8) is 0 Å². The van der Waals surface area contributed by atoms with Crippen molar-refractivity contribution in [1.82, 2.24) is 14.8 Å². The number of anilines is 1. The summed E-state index contributed by atoms with van der Waals surface area (Å²) < 4.78 is 14.9. The number of nitrogens with one attached hydrogen (secondary N) is 1. The first-order chi connectivity index (χ1) is 13.9. The number of halogens is 1. The molecule has 0 saturated heterocycles. The Morgan fingerprint density at radius 3 is 2.41 bits per heavy atom. The lowest BCUT2D eigenvalue weighted by Gasteiger charge is -2.08. The van der Waals surface area contributed by atoms with Gasteiger partial charge in [0.05, 0.1) is 5.69 Å². The van der Waals surface area contributed by atoms with Gasteiger partial charge >= 0.3 is 0 Å². The second-order valence-corrected chi connectivity index (χ2v) is 7.23. The summed E-state index contributed by atoms with van der Waals surface area (Å²) in [6.07, 6.45) is 1.68. The first kappa shape index (κ1) is 18.8. The van der Waals surface area contributed by atoms with E-state index in [1.165, 1.54) is 12.1 Å². The lowest BCUT2D eigenvalue weighted by atomic mass is 10.0. The Hall–Kier alpha value is -3.54. The van der Waals surface area contributed by atoms with Gasteiger partial charge in [-0.05, 0) is 73.4 Å². The summed E-state index contributed by atoms with van der Waals surface area (Å²) >= 11 is 0. The quantitative estimate of drug-likeness (QED) is 0.546. The van der Waals surface area contributed by atoms with Crippen molar-refractivity contribution in [2.45, 2.75) is 27.3 Å². The minimum Gasteiger partial charge on any atom is -0.324 e. The molecular weight excluding hydrogens is 367 g/mol. The fourth-order valence-corrected chi connectivity index (χ4v) is 3.65. The molecule has 0 atom stereocenters. The average molecular weight is 388 g/mol. The van der Waals surface area contributed by atoms with Crippen LogP contribution in [0, 0.1) is 26.6 Å². The Labute approximate surface area is 168 Å². The van der Waals surface area contributed by atoms with Crippen LogP contribution in [-0.4, -0.2) is 20.7 Å².